The fourth-order valence-corrected chi connectivity index (χ4v) is 6.02. The number of sulfonamides is 1. The molecule has 0 atom stereocenters. The third kappa shape index (κ3) is 3.86. The van der Waals surface area contributed by atoms with Crippen LogP contribution in [0.4, 0.5) is 13.2 Å². The van der Waals surface area contributed by atoms with Crippen LogP contribution in [-0.4, -0.2) is 43.9 Å². The van der Waals surface area contributed by atoms with Crippen LogP contribution in [0.3, 0.4) is 0 Å². The van der Waals surface area contributed by atoms with Gasteiger partial charge in [0.25, 0.3) is 5.91 Å². The van der Waals surface area contributed by atoms with E-state index in [9.17, 15) is 26.4 Å². The first kappa shape index (κ1) is 24.4. The minimum absolute atomic E-state index is 0. The number of likely N-dealkylation sites (tertiary alicyclic amines) is 1. The summed E-state index contributed by atoms with van der Waals surface area (Å²) in [5.41, 5.74) is -0.239. The molecule has 2 aromatic carbocycles. The third-order valence-electron chi connectivity index (χ3n) is 6.89. The van der Waals surface area contributed by atoms with Gasteiger partial charge in [-0.1, -0.05) is 12.1 Å². The molecular weight excluding hydrogens is 495 g/mol. The number of carbonyl (C=O) groups is 1. The normalized spacial score (nSPS) is 16.9. The van der Waals surface area contributed by atoms with Gasteiger partial charge < -0.3 is 14.2 Å². The molecule has 0 radical (unpaired) electrons. The number of piperidine rings is 1. The highest BCUT2D eigenvalue weighted by Gasteiger charge is 2.48. The van der Waals surface area contributed by atoms with Crippen LogP contribution >= 0.6 is 0 Å². The van der Waals surface area contributed by atoms with E-state index in [2.05, 4.69) is 4.72 Å². The first-order valence-corrected chi connectivity index (χ1v) is 12.9. The molecule has 3 heterocycles. The molecule has 1 amide bonds. The Bertz CT molecular complexity index is 1460. The standard InChI is InChI=1S/C25H24F3N3O4S.H2/c1-16-15-17(7-8-20(16)36(33,34)29-2)23(32)30-13-11-24(12-14-30)21-9-10-22(25(26,27)28)31(21)18-5-3-4-6-19(18)35-24;/h3-10,15,29H,11-14H2,1-2H3;1H. The molecule has 7 nitrogen and oxygen atoms in total. The number of nitrogens with zero attached hydrogens (tertiary/aromatic N) is 2. The number of rotatable bonds is 3. The maximum Gasteiger partial charge on any atom is 0.431 e. The van der Waals surface area contributed by atoms with E-state index in [0.29, 0.717) is 41.1 Å². The SMILES string of the molecule is CNS(=O)(=O)c1ccc(C(=O)N2CCC3(CC2)Oc2ccccc2-n2c(C(F)(F)F)ccc23)cc1C.[HH]. The van der Waals surface area contributed by atoms with Crippen LogP contribution in [-0.2, 0) is 21.8 Å². The molecule has 1 N–H and O–H groups in total. The average molecular weight is 522 g/mol. The van der Waals surface area contributed by atoms with Gasteiger partial charge in [-0.3, -0.25) is 4.79 Å². The lowest BCUT2D eigenvalue weighted by atomic mass is 9.86. The second kappa shape index (κ2) is 8.38. The Morgan fingerprint density at radius 1 is 1.08 bits per heavy atom. The molecule has 0 unspecified atom stereocenters. The Morgan fingerprint density at radius 3 is 2.42 bits per heavy atom. The van der Waals surface area contributed by atoms with Crippen LogP contribution < -0.4 is 9.46 Å². The van der Waals surface area contributed by atoms with Crippen molar-refractivity contribution in [1.29, 1.82) is 0 Å². The Balaban J connectivity index is 0.00000320. The largest absolute Gasteiger partial charge is 0.479 e. The van der Waals surface area contributed by atoms with Gasteiger partial charge >= 0.3 is 6.18 Å². The lowest BCUT2D eigenvalue weighted by Gasteiger charge is -2.45. The second-order valence-corrected chi connectivity index (χ2v) is 10.8. The zero-order chi connectivity index (χ0) is 25.9. The van der Waals surface area contributed by atoms with Crippen molar-refractivity contribution in [1.82, 2.24) is 14.2 Å². The Morgan fingerprint density at radius 2 is 1.78 bits per heavy atom. The quantitative estimate of drug-likeness (QED) is 0.551. The molecule has 1 spiro atoms. The van der Waals surface area contributed by atoms with Gasteiger partial charge in [0.05, 0.1) is 16.3 Å². The zero-order valence-corrected chi connectivity index (χ0v) is 20.4. The Kier molecular flexibility index (Phi) is 5.68. The fraction of sp³-hybridized carbons (Fsp3) is 0.320. The summed E-state index contributed by atoms with van der Waals surface area (Å²) in [6.45, 7) is 2.15. The summed E-state index contributed by atoms with van der Waals surface area (Å²) in [4.78, 5) is 14.9. The summed E-state index contributed by atoms with van der Waals surface area (Å²) in [5, 5.41) is 0. The summed E-state index contributed by atoms with van der Waals surface area (Å²) in [6, 6.07) is 13.6. The monoisotopic (exact) mass is 521 g/mol. The molecule has 0 saturated carbocycles. The summed E-state index contributed by atoms with van der Waals surface area (Å²) >= 11 is 0. The molecule has 5 rings (SSSR count). The molecule has 0 bridgehead atoms. The lowest BCUT2D eigenvalue weighted by molar-refractivity contribution is -0.143. The number of fused-ring (bicyclic) bond motifs is 4. The number of halogens is 3. The van der Waals surface area contributed by atoms with Gasteiger partial charge in [-0.05, 0) is 62.0 Å². The highest BCUT2D eigenvalue weighted by molar-refractivity contribution is 7.89. The molecular formula is C25H26F3N3O4S. The highest BCUT2D eigenvalue weighted by Crippen LogP contribution is 2.48. The number of hydrogen-bond donors (Lipinski definition) is 1. The molecule has 192 valence electrons. The van der Waals surface area contributed by atoms with Crippen LogP contribution in [0.1, 0.15) is 41.6 Å². The lowest BCUT2D eigenvalue weighted by Crippen LogP contribution is -2.50. The highest BCUT2D eigenvalue weighted by atomic mass is 32.2. The van der Waals surface area contributed by atoms with Gasteiger partial charge in [-0.25, -0.2) is 13.1 Å². The van der Waals surface area contributed by atoms with E-state index in [0.717, 1.165) is 6.07 Å². The molecule has 1 aromatic heterocycles. The number of aromatic nitrogens is 1. The third-order valence-corrected chi connectivity index (χ3v) is 8.46. The summed E-state index contributed by atoms with van der Waals surface area (Å²) < 4.78 is 75.5. The van der Waals surface area contributed by atoms with Crippen LogP contribution in [0.25, 0.3) is 5.69 Å². The van der Waals surface area contributed by atoms with Crippen molar-refractivity contribution in [3.8, 4) is 11.4 Å². The van der Waals surface area contributed by atoms with Crippen LogP contribution in [0, 0.1) is 6.92 Å². The van der Waals surface area contributed by atoms with Crippen molar-refractivity contribution in [3.63, 3.8) is 0 Å². The van der Waals surface area contributed by atoms with Crippen molar-refractivity contribution in [2.24, 2.45) is 0 Å². The van der Waals surface area contributed by atoms with Crippen molar-refractivity contribution in [3.05, 3.63) is 77.1 Å². The Labute approximate surface area is 208 Å². The fourth-order valence-electron chi connectivity index (χ4n) is 5.07. The molecule has 3 aromatic rings. The van der Waals surface area contributed by atoms with E-state index in [4.69, 9.17) is 4.74 Å². The van der Waals surface area contributed by atoms with Gasteiger partial charge in [0.15, 0.2) is 5.60 Å². The number of carbonyl (C=O) groups excluding carboxylic acids is 1. The van der Waals surface area contributed by atoms with Crippen molar-refractivity contribution >= 4 is 15.9 Å². The van der Waals surface area contributed by atoms with E-state index in [-0.39, 0.29) is 25.3 Å². The molecule has 1 saturated heterocycles. The topological polar surface area (TPSA) is 80.6 Å². The number of alkyl halides is 3. The molecule has 2 aliphatic rings. The molecule has 36 heavy (non-hydrogen) atoms. The maximum atomic E-state index is 13.8. The number of nitrogens with one attached hydrogen (secondary N) is 1. The number of ether oxygens (including phenoxy) is 1. The smallest absolute Gasteiger partial charge is 0.431 e. The predicted molar refractivity (Wildman–Crippen MR) is 128 cm³/mol. The van der Waals surface area contributed by atoms with Crippen LogP contribution in [0.15, 0.2) is 59.5 Å². The Hall–Kier alpha value is -3.31. The van der Waals surface area contributed by atoms with Gasteiger partial charge in [0.2, 0.25) is 10.0 Å². The number of hydrogen-bond acceptors (Lipinski definition) is 4. The summed E-state index contributed by atoms with van der Waals surface area (Å²) in [7, 11) is -2.33. The first-order chi connectivity index (χ1) is 17.0. The zero-order valence-electron chi connectivity index (χ0n) is 19.6. The number of benzene rings is 2. The van der Waals surface area contributed by atoms with Crippen molar-refractivity contribution in [2.45, 2.75) is 36.4 Å². The van der Waals surface area contributed by atoms with Crippen molar-refractivity contribution < 1.29 is 32.5 Å². The molecule has 0 aliphatic carbocycles. The summed E-state index contributed by atoms with van der Waals surface area (Å²) in [5.74, 6) is 0.0901. The summed E-state index contributed by atoms with van der Waals surface area (Å²) in [6.07, 6.45) is -3.93. The molecule has 2 aliphatic heterocycles. The number of aryl methyl sites for hydroxylation is 1. The van der Waals surface area contributed by atoms with Gasteiger partial charge in [0.1, 0.15) is 11.4 Å². The van der Waals surface area contributed by atoms with Crippen LogP contribution in [0.2, 0.25) is 0 Å². The van der Waals surface area contributed by atoms with E-state index < -0.39 is 27.5 Å². The first-order valence-electron chi connectivity index (χ1n) is 11.4. The number of para-hydroxylation sites is 2. The van der Waals surface area contributed by atoms with Gasteiger partial charge in [-0.2, -0.15) is 13.2 Å². The molecule has 1 fully saturated rings. The number of amides is 1. The van der Waals surface area contributed by atoms with E-state index in [1.54, 1.807) is 36.1 Å². The van der Waals surface area contributed by atoms with Gasteiger partial charge in [0, 0.05) is 32.9 Å². The maximum absolute atomic E-state index is 13.8. The van der Waals surface area contributed by atoms with Crippen LogP contribution in [0.5, 0.6) is 5.75 Å². The second-order valence-electron chi connectivity index (χ2n) is 8.98. The van der Waals surface area contributed by atoms with E-state index in [1.165, 1.54) is 35.9 Å². The van der Waals surface area contributed by atoms with Gasteiger partial charge in [-0.15, -0.1) is 0 Å². The van der Waals surface area contributed by atoms with E-state index in [1.807, 2.05) is 0 Å². The molecule has 11 heteroatoms. The minimum atomic E-state index is -4.54. The minimum Gasteiger partial charge on any atom is -0.479 e. The predicted octanol–water partition coefficient (Wildman–Crippen LogP) is 4.48. The van der Waals surface area contributed by atoms with E-state index >= 15 is 0 Å². The average Bonchev–Trinajstić information content (AvgIpc) is 3.31. The van der Waals surface area contributed by atoms with Crippen molar-refractivity contribution in [2.75, 3.05) is 20.1 Å².